The fourth-order valence-corrected chi connectivity index (χ4v) is 3.63. The fourth-order valence-electron chi connectivity index (χ4n) is 2.45. The van der Waals surface area contributed by atoms with Gasteiger partial charge in [0.1, 0.15) is 11.9 Å². The second-order valence-corrected chi connectivity index (χ2v) is 6.11. The quantitative estimate of drug-likeness (QED) is 0.945. The van der Waals surface area contributed by atoms with E-state index in [4.69, 9.17) is 0 Å². The average Bonchev–Trinajstić information content (AvgIpc) is 3.03. The molecule has 3 rings (SSSR count). The summed E-state index contributed by atoms with van der Waals surface area (Å²) in [6.07, 6.45) is 0.415. The van der Waals surface area contributed by atoms with Crippen molar-refractivity contribution in [3.63, 3.8) is 0 Å². The lowest BCUT2D eigenvalue weighted by molar-refractivity contribution is -0.135. The highest BCUT2D eigenvalue weighted by atomic mass is 32.2. The minimum Gasteiger partial charge on any atom is -0.321 e. The Labute approximate surface area is 133 Å². The standard InChI is InChI=1S/C16H17N3O2S/c1-2-15(20)19-10-22-9-13(19)16(21)18-14-8-7-11-5-3-4-6-12(11)17-14/h3-8,13H,2,9-10H2,1H3,(H,17,18,21). The number of fused-ring (bicyclic) bond motifs is 1. The van der Waals surface area contributed by atoms with Crippen LogP contribution in [0.5, 0.6) is 0 Å². The van der Waals surface area contributed by atoms with Crippen molar-refractivity contribution >= 4 is 40.3 Å². The molecule has 0 saturated carbocycles. The number of carbonyl (C=O) groups excluding carboxylic acids is 2. The second-order valence-electron chi connectivity index (χ2n) is 5.11. The number of para-hydroxylation sites is 1. The molecule has 114 valence electrons. The molecule has 2 aromatic rings. The maximum Gasteiger partial charge on any atom is 0.249 e. The number of thioether (sulfide) groups is 1. The zero-order valence-corrected chi connectivity index (χ0v) is 13.1. The van der Waals surface area contributed by atoms with Gasteiger partial charge in [0.2, 0.25) is 11.8 Å². The van der Waals surface area contributed by atoms with Crippen molar-refractivity contribution in [2.24, 2.45) is 0 Å². The van der Waals surface area contributed by atoms with Crippen LogP contribution < -0.4 is 5.32 Å². The van der Waals surface area contributed by atoms with Gasteiger partial charge in [0.05, 0.1) is 11.4 Å². The maximum absolute atomic E-state index is 12.4. The molecule has 0 bridgehead atoms. The number of carbonyl (C=O) groups is 2. The fraction of sp³-hybridized carbons (Fsp3) is 0.312. The summed E-state index contributed by atoms with van der Waals surface area (Å²) < 4.78 is 0. The third-order valence-corrected chi connectivity index (χ3v) is 4.67. The Bertz CT molecular complexity index is 719. The van der Waals surface area contributed by atoms with Gasteiger partial charge >= 0.3 is 0 Å². The van der Waals surface area contributed by atoms with Crippen LogP contribution in [-0.4, -0.2) is 39.4 Å². The molecule has 1 aromatic heterocycles. The van der Waals surface area contributed by atoms with Crippen LogP contribution in [0.3, 0.4) is 0 Å². The Morgan fingerprint density at radius 2 is 2.14 bits per heavy atom. The van der Waals surface area contributed by atoms with E-state index >= 15 is 0 Å². The Kier molecular flexibility index (Phi) is 4.29. The van der Waals surface area contributed by atoms with Crippen molar-refractivity contribution < 1.29 is 9.59 Å². The van der Waals surface area contributed by atoms with Gasteiger partial charge in [0, 0.05) is 17.6 Å². The maximum atomic E-state index is 12.4. The predicted octanol–water partition coefficient (Wildman–Crippen LogP) is 2.48. The summed E-state index contributed by atoms with van der Waals surface area (Å²) in [4.78, 5) is 30.4. The number of hydrogen-bond acceptors (Lipinski definition) is 4. The molecule has 2 heterocycles. The molecule has 1 aromatic carbocycles. The van der Waals surface area contributed by atoms with Gasteiger partial charge in [-0.3, -0.25) is 9.59 Å². The van der Waals surface area contributed by atoms with Crippen LogP contribution in [0.4, 0.5) is 5.82 Å². The van der Waals surface area contributed by atoms with Crippen LogP contribution in [0.15, 0.2) is 36.4 Å². The summed E-state index contributed by atoms with van der Waals surface area (Å²) in [6, 6.07) is 11.0. The number of benzene rings is 1. The van der Waals surface area contributed by atoms with Crippen molar-refractivity contribution in [3.8, 4) is 0 Å². The van der Waals surface area contributed by atoms with E-state index in [0.717, 1.165) is 10.9 Å². The third-order valence-electron chi connectivity index (χ3n) is 3.66. The molecule has 2 amide bonds. The number of pyridine rings is 1. The molecule has 1 N–H and O–H groups in total. The summed E-state index contributed by atoms with van der Waals surface area (Å²) in [7, 11) is 0. The largest absolute Gasteiger partial charge is 0.321 e. The first-order valence-electron chi connectivity index (χ1n) is 7.23. The van der Waals surface area contributed by atoms with Crippen molar-refractivity contribution in [2.75, 3.05) is 16.9 Å². The van der Waals surface area contributed by atoms with Crippen LogP contribution in [0.25, 0.3) is 10.9 Å². The Balaban J connectivity index is 1.76. The van der Waals surface area contributed by atoms with Crippen LogP contribution in [-0.2, 0) is 9.59 Å². The zero-order chi connectivity index (χ0) is 15.5. The molecule has 22 heavy (non-hydrogen) atoms. The van der Waals surface area contributed by atoms with Gasteiger partial charge in [-0.15, -0.1) is 11.8 Å². The van der Waals surface area contributed by atoms with Gasteiger partial charge in [-0.1, -0.05) is 25.1 Å². The lowest BCUT2D eigenvalue weighted by Gasteiger charge is -2.22. The SMILES string of the molecule is CCC(=O)N1CSCC1C(=O)Nc1ccc2ccccc2n1. The molecule has 1 atom stereocenters. The van der Waals surface area contributed by atoms with Gasteiger partial charge in [-0.2, -0.15) is 0 Å². The molecule has 6 heteroatoms. The molecule has 1 saturated heterocycles. The van der Waals surface area contributed by atoms with E-state index in [1.807, 2.05) is 37.3 Å². The zero-order valence-electron chi connectivity index (χ0n) is 12.3. The first-order valence-corrected chi connectivity index (χ1v) is 8.38. The Morgan fingerprint density at radius 3 is 2.95 bits per heavy atom. The minimum absolute atomic E-state index is 0.0108. The van der Waals surface area contributed by atoms with Crippen LogP contribution in [0.1, 0.15) is 13.3 Å². The molecule has 1 fully saturated rings. The van der Waals surface area contributed by atoms with E-state index in [0.29, 0.717) is 23.9 Å². The lowest BCUT2D eigenvalue weighted by atomic mass is 10.2. The van der Waals surface area contributed by atoms with Gasteiger partial charge in [-0.25, -0.2) is 4.98 Å². The van der Waals surface area contributed by atoms with E-state index in [1.54, 1.807) is 22.7 Å². The van der Waals surface area contributed by atoms with Crippen LogP contribution in [0, 0.1) is 0 Å². The molecule has 0 aliphatic carbocycles. The van der Waals surface area contributed by atoms with Gasteiger partial charge in [0.15, 0.2) is 0 Å². The molecular weight excluding hydrogens is 298 g/mol. The van der Waals surface area contributed by atoms with Crippen molar-refractivity contribution in [3.05, 3.63) is 36.4 Å². The highest BCUT2D eigenvalue weighted by Crippen LogP contribution is 2.23. The number of anilines is 1. The number of hydrogen-bond donors (Lipinski definition) is 1. The molecule has 0 radical (unpaired) electrons. The molecule has 1 aliphatic rings. The summed E-state index contributed by atoms with van der Waals surface area (Å²) in [5, 5.41) is 3.86. The summed E-state index contributed by atoms with van der Waals surface area (Å²) >= 11 is 1.60. The van der Waals surface area contributed by atoms with E-state index in [2.05, 4.69) is 10.3 Å². The lowest BCUT2D eigenvalue weighted by Crippen LogP contribution is -2.44. The average molecular weight is 315 g/mol. The van der Waals surface area contributed by atoms with Gasteiger partial charge in [-0.05, 0) is 18.2 Å². The normalized spacial score (nSPS) is 17.7. The van der Waals surface area contributed by atoms with Crippen molar-refractivity contribution in [2.45, 2.75) is 19.4 Å². The summed E-state index contributed by atoms with van der Waals surface area (Å²) in [5.41, 5.74) is 0.836. The minimum atomic E-state index is -0.411. The molecular formula is C16H17N3O2S. The van der Waals surface area contributed by atoms with E-state index in [9.17, 15) is 9.59 Å². The van der Waals surface area contributed by atoms with Gasteiger partial charge < -0.3 is 10.2 Å². The third kappa shape index (κ3) is 2.92. The first-order chi connectivity index (χ1) is 10.7. The summed E-state index contributed by atoms with van der Waals surface area (Å²) in [6.45, 7) is 1.81. The van der Waals surface area contributed by atoms with E-state index in [1.165, 1.54) is 0 Å². The number of rotatable bonds is 3. The highest BCUT2D eigenvalue weighted by molar-refractivity contribution is 7.99. The molecule has 0 spiro atoms. The molecule has 1 unspecified atom stereocenters. The highest BCUT2D eigenvalue weighted by Gasteiger charge is 2.33. The monoisotopic (exact) mass is 315 g/mol. The Hall–Kier alpha value is -2.08. The number of nitrogens with one attached hydrogen (secondary N) is 1. The topological polar surface area (TPSA) is 62.3 Å². The second kappa shape index (κ2) is 6.36. The smallest absolute Gasteiger partial charge is 0.249 e. The molecule has 5 nitrogen and oxygen atoms in total. The van der Waals surface area contributed by atoms with Crippen molar-refractivity contribution in [1.29, 1.82) is 0 Å². The van der Waals surface area contributed by atoms with E-state index < -0.39 is 6.04 Å². The van der Waals surface area contributed by atoms with Gasteiger partial charge in [0.25, 0.3) is 0 Å². The van der Waals surface area contributed by atoms with Crippen LogP contribution in [0.2, 0.25) is 0 Å². The number of aromatic nitrogens is 1. The summed E-state index contributed by atoms with van der Waals surface area (Å²) in [5.74, 6) is 1.57. The first kappa shape index (κ1) is 14.8. The van der Waals surface area contributed by atoms with Crippen molar-refractivity contribution in [1.82, 2.24) is 9.88 Å². The predicted molar refractivity (Wildman–Crippen MR) is 88.6 cm³/mol. The van der Waals surface area contributed by atoms with E-state index in [-0.39, 0.29) is 11.8 Å². The number of amides is 2. The van der Waals surface area contributed by atoms with Crippen LogP contribution >= 0.6 is 11.8 Å². The molecule has 1 aliphatic heterocycles. The Morgan fingerprint density at radius 1 is 1.32 bits per heavy atom. The number of nitrogens with zero attached hydrogens (tertiary/aromatic N) is 2.